The molecule has 10 saturated heterocycles. The minimum absolute atomic E-state index is 0.0158. The van der Waals surface area contributed by atoms with Gasteiger partial charge in [-0.25, -0.2) is 0 Å². The summed E-state index contributed by atoms with van der Waals surface area (Å²) in [6, 6.07) is 0. The molecule has 3 N–H and O–H groups in total. The average molecular weight is 730 g/mol. The fourth-order valence-corrected chi connectivity index (χ4v) is 11.3. The quantitative estimate of drug-likeness (QED) is 0.409. The summed E-state index contributed by atoms with van der Waals surface area (Å²) in [5, 5.41) is 10.5. The third kappa shape index (κ3) is 6.59. The monoisotopic (exact) mass is 729 g/mol. The number of hydrogen-bond acceptors (Lipinski definition) is 12. The van der Waals surface area contributed by atoms with E-state index >= 15 is 0 Å². The Morgan fingerprint density at radius 1 is 0.808 bits per heavy atom. The Bertz CT molecular complexity index is 1380. The van der Waals surface area contributed by atoms with Crippen molar-refractivity contribution in [2.45, 2.75) is 194 Å². The lowest BCUT2D eigenvalue weighted by atomic mass is 9.81. The number of carbonyl (C=O) groups excluding carboxylic acids is 1. The summed E-state index contributed by atoms with van der Waals surface area (Å²) in [5.41, 5.74) is 8.01. The fraction of sp³-hybridized carbons (Fsp3) is 0.875. The van der Waals surface area contributed by atoms with Crippen LogP contribution in [-0.4, -0.2) is 128 Å². The number of ketones is 1. The van der Waals surface area contributed by atoms with Crippen molar-refractivity contribution in [3.05, 3.63) is 24.3 Å². The molecule has 19 atom stereocenters. The molecule has 10 fully saturated rings. The molecule has 1 spiro atoms. The Kier molecular flexibility index (Phi) is 10.0. The highest BCUT2D eigenvalue weighted by Gasteiger charge is 2.68. The summed E-state index contributed by atoms with van der Waals surface area (Å²) in [6.07, 6.45) is 4.85. The summed E-state index contributed by atoms with van der Waals surface area (Å²) in [6.45, 7) is 11.3. The van der Waals surface area contributed by atoms with Crippen molar-refractivity contribution in [1.29, 1.82) is 0 Å². The highest BCUT2D eigenvalue weighted by Crippen LogP contribution is 2.54. The van der Waals surface area contributed by atoms with Crippen molar-refractivity contribution in [3.8, 4) is 0 Å². The lowest BCUT2D eigenvalue weighted by Crippen LogP contribution is -2.61. The van der Waals surface area contributed by atoms with E-state index in [-0.39, 0.29) is 122 Å². The van der Waals surface area contributed by atoms with E-state index in [9.17, 15) is 9.90 Å². The first-order chi connectivity index (χ1) is 25.1. The predicted molar refractivity (Wildman–Crippen MR) is 186 cm³/mol. The second-order valence-electron chi connectivity index (χ2n) is 17.4. The molecule has 10 rings (SSSR count). The van der Waals surface area contributed by atoms with Crippen molar-refractivity contribution >= 4 is 5.78 Å². The number of nitrogens with two attached hydrogens (primary N) is 1. The maximum Gasteiger partial charge on any atom is 0.172 e. The third-order valence-corrected chi connectivity index (χ3v) is 14.0. The number of hydrogen-bond donors (Lipinski definition) is 2. The van der Waals surface area contributed by atoms with Gasteiger partial charge in [0, 0.05) is 58.1 Å². The standard InChI is InChI=1S/C40H59NO11/c1-19-11-24-5-7-28-20(2)12-26(45-28)9-10-40-17-33-36(51-40)37-38(50-33)39(52-40)35-29(49-37)8-6-25(47-35)13-22(42)14-27-31(16-30(46-24)21(19)3)48-32(34(27)44-4)15-23(43)18-41/h19,23-39,43H,2-3,5-18,41H2,1,4H3/t19-,23?,24+,25-,26+,27+,28+,29+,30-,31+,32-,33-,34-,35+,36?,37+,38?,39?,40+/m1/s1. The SMILES string of the molecule is C=C1C[C@@H]2CC[C@@]34C[C@H]5OC6C(O3)[C@H]3O[C@H](CC[C@@H]3O[C@H]6C5O4)CC(=O)C[C@@H]3[C@@H](OC)[C@@H](CC(O)CN)O[C@H]3C[C@H]3O[C@@H](CC[C@@H]1O2)C[C@@H](C)C3=C. The predicted octanol–water partition coefficient (Wildman–Crippen LogP) is 3.44. The lowest BCUT2D eigenvalue weighted by molar-refractivity contribution is -0.292. The Hall–Kier alpha value is -1.29. The van der Waals surface area contributed by atoms with Gasteiger partial charge in [0.15, 0.2) is 5.79 Å². The number of methoxy groups -OCH3 is 1. The topological polar surface area (TPSA) is 146 Å². The Balaban J connectivity index is 0.994. The Labute approximate surface area is 307 Å². The molecule has 10 aliphatic rings. The number of rotatable bonds is 4. The maximum absolute atomic E-state index is 14.1. The van der Waals surface area contributed by atoms with Crippen LogP contribution in [0.3, 0.4) is 0 Å². The van der Waals surface area contributed by atoms with Crippen LogP contribution in [0.4, 0.5) is 0 Å². The number of fused-ring (bicyclic) bond motifs is 6. The highest BCUT2D eigenvalue weighted by molar-refractivity contribution is 5.79. The van der Waals surface area contributed by atoms with Crippen molar-refractivity contribution in [1.82, 2.24) is 0 Å². The molecule has 0 saturated carbocycles. The lowest BCUT2D eigenvalue weighted by Gasteiger charge is -2.47. The summed E-state index contributed by atoms with van der Waals surface area (Å²) < 4.78 is 60.0. The molecule has 0 aromatic heterocycles. The van der Waals surface area contributed by atoms with E-state index in [0.29, 0.717) is 25.7 Å². The van der Waals surface area contributed by atoms with Gasteiger partial charge in [-0.3, -0.25) is 4.79 Å². The molecule has 12 nitrogen and oxygen atoms in total. The molecule has 52 heavy (non-hydrogen) atoms. The first-order valence-corrected chi connectivity index (χ1v) is 20.2. The van der Waals surface area contributed by atoms with Gasteiger partial charge in [-0.2, -0.15) is 0 Å². The minimum atomic E-state index is -0.780. The second-order valence-corrected chi connectivity index (χ2v) is 17.4. The number of aliphatic hydroxyl groups excluding tert-OH is 1. The van der Waals surface area contributed by atoms with Crippen molar-refractivity contribution in [2.75, 3.05) is 13.7 Å². The van der Waals surface area contributed by atoms with Crippen LogP contribution >= 0.6 is 0 Å². The van der Waals surface area contributed by atoms with Crippen LogP contribution in [0, 0.1) is 11.8 Å². The summed E-state index contributed by atoms with van der Waals surface area (Å²) in [4.78, 5) is 14.1. The van der Waals surface area contributed by atoms with E-state index in [1.807, 2.05) is 0 Å². The molecule has 290 valence electrons. The van der Waals surface area contributed by atoms with Gasteiger partial charge >= 0.3 is 0 Å². The van der Waals surface area contributed by atoms with Crippen LogP contribution in [0.5, 0.6) is 0 Å². The van der Waals surface area contributed by atoms with Gasteiger partial charge in [-0.15, -0.1) is 0 Å². The first kappa shape index (κ1) is 36.4. The van der Waals surface area contributed by atoms with Crippen LogP contribution in [0.15, 0.2) is 24.3 Å². The molecule has 0 amide bonds. The van der Waals surface area contributed by atoms with Crippen LogP contribution in [0.25, 0.3) is 0 Å². The molecular weight excluding hydrogens is 670 g/mol. The Morgan fingerprint density at radius 3 is 2.38 bits per heavy atom. The molecule has 4 unspecified atom stereocenters. The van der Waals surface area contributed by atoms with Crippen LogP contribution in [-0.2, 0) is 47.4 Å². The van der Waals surface area contributed by atoms with Gasteiger partial charge in [0.05, 0.1) is 67.1 Å². The zero-order chi connectivity index (χ0) is 35.9. The van der Waals surface area contributed by atoms with Crippen LogP contribution in [0.1, 0.15) is 90.4 Å². The average Bonchev–Trinajstić information content (AvgIpc) is 3.79. The molecule has 0 aliphatic carbocycles. The van der Waals surface area contributed by atoms with Gasteiger partial charge in [0.2, 0.25) is 0 Å². The van der Waals surface area contributed by atoms with E-state index in [1.54, 1.807) is 7.11 Å². The zero-order valence-corrected chi connectivity index (χ0v) is 30.8. The molecule has 0 radical (unpaired) electrons. The fourth-order valence-electron chi connectivity index (χ4n) is 11.3. The Morgan fingerprint density at radius 2 is 1.56 bits per heavy atom. The van der Waals surface area contributed by atoms with Gasteiger partial charge in [0.25, 0.3) is 0 Å². The van der Waals surface area contributed by atoms with E-state index in [4.69, 9.17) is 48.4 Å². The molecule has 0 aromatic carbocycles. The molecular formula is C40H59NO11. The van der Waals surface area contributed by atoms with E-state index in [0.717, 1.165) is 56.1 Å². The third-order valence-electron chi connectivity index (χ3n) is 14.0. The van der Waals surface area contributed by atoms with Crippen molar-refractivity contribution in [2.24, 2.45) is 17.6 Å². The smallest absolute Gasteiger partial charge is 0.172 e. The van der Waals surface area contributed by atoms with Crippen LogP contribution < -0.4 is 5.73 Å². The van der Waals surface area contributed by atoms with Crippen LogP contribution in [0.2, 0.25) is 0 Å². The second kappa shape index (κ2) is 14.3. The number of Topliss-reactive ketones (excluding diaryl/α,β-unsaturated/α-hetero) is 1. The summed E-state index contributed by atoms with van der Waals surface area (Å²) in [7, 11) is 1.66. The first-order valence-electron chi connectivity index (χ1n) is 20.2. The van der Waals surface area contributed by atoms with Gasteiger partial charge < -0.3 is 53.5 Å². The normalized spacial score (nSPS) is 52.4. The molecule has 0 aromatic rings. The number of aliphatic hydroxyl groups is 1. The minimum Gasteiger partial charge on any atom is -0.392 e. The van der Waals surface area contributed by atoms with Gasteiger partial charge in [-0.05, 0) is 62.0 Å². The molecule has 10 heterocycles. The maximum atomic E-state index is 14.1. The molecule has 10 aliphatic heterocycles. The number of ether oxygens (including phenoxy) is 9. The molecule has 12 heteroatoms. The largest absolute Gasteiger partial charge is 0.392 e. The highest BCUT2D eigenvalue weighted by atomic mass is 16.8. The summed E-state index contributed by atoms with van der Waals surface area (Å²) >= 11 is 0. The van der Waals surface area contributed by atoms with E-state index < -0.39 is 18.0 Å². The zero-order valence-electron chi connectivity index (χ0n) is 30.8. The van der Waals surface area contributed by atoms with E-state index in [1.165, 1.54) is 0 Å². The molecule has 12 bridgehead atoms. The van der Waals surface area contributed by atoms with E-state index in [2.05, 4.69) is 20.1 Å². The van der Waals surface area contributed by atoms with Crippen molar-refractivity contribution in [3.63, 3.8) is 0 Å². The van der Waals surface area contributed by atoms with Gasteiger partial charge in [-0.1, -0.05) is 20.1 Å². The van der Waals surface area contributed by atoms with Crippen molar-refractivity contribution < 1.29 is 52.5 Å². The van der Waals surface area contributed by atoms with Gasteiger partial charge in [0.1, 0.15) is 36.3 Å². The summed E-state index contributed by atoms with van der Waals surface area (Å²) in [5.74, 6) is -0.619. The number of carbonyl (C=O) groups is 1.